The van der Waals surface area contributed by atoms with Gasteiger partial charge in [0, 0.05) is 18.4 Å². The van der Waals surface area contributed by atoms with Gasteiger partial charge in [0.15, 0.2) is 0 Å². The number of carbonyl (C=O) groups is 1. The predicted molar refractivity (Wildman–Crippen MR) is 114 cm³/mol. The third-order valence-electron chi connectivity index (χ3n) is 4.72. The van der Waals surface area contributed by atoms with Crippen LogP contribution in [-0.4, -0.2) is 23.2 Å². The fraction of sp³-hybridized carbons (Fsp3) is 0.174. The number of hydrogen-bond acceptors (Lipinski definition) is 3. The predicted octanol–water partition coefficient (Wildman–Crippen LogP) is 5.82. The number of thioether (sulfide) groups is 1. The Kier molecular flexibility index (Phi) is 6.18. The number of amides is 2. The summed E-state index contributed by atoms with van der Waals surface area (Å²) in [5, 5.41) is 2.33. The number of hydrogen-bond donors (Lipinski definition) is 1. The van der Waals surface area contributed by atoms with Gasteiger partial charge in [0.1, 0.15) is 29.4 Å². The molecule has 1 aliphatic rings. The van der Waals surface area contributed by atoms with Gasteiger partial charge in [0.25, 0.3) is 0 Å². The first-order valence-electron chi connectivity index (χ1n) is 9.51. The van der Waals surface area contributed by atoms with Crippen molar-refractivity contribution in [3.05, 3.63) is 95.6 Å². The molecule has 1 heterocycles. The van der Waals surface area contributed by atoms with Crippen LogP contribution in [0.2, 0.25) is 0 Å². The van der Waals surface area contributed by atoms with E-state index in [4.69, 9.17) is 4.74 Å². The smallest absolute Gasteiger partial charge is 0.323 e. The van der Waals surface area contributed by atoms with Crippen molar-refractivity contribution in [1.82, 2.24) is 4.90 Å². The lowest BCUT2D eigenvalue weighted by Crippen LogP contribution is -2.34. The maximum absolute atomic E-state index is 13.9. The van der Waals surface area contributed by atoms with E-state index in [2.05, 4.69) is 5.32 Å². The zero-order valence-electron chi connectivity index (χ0n) is 16.1. The van der Waals surface area contributed by atoms with Gasteiger partial charge in [-0.3, -0.25) is 0 Å². The maximum atomic E-state index is 13.9. The molecule has 1 N–H and O–H groups in total. The van der Waals surface area contributed by atoms with Crippen molar-refractivity contribution in [2.45, 2.75) is 12.0 Å². The molecule has 3 aromatic rings. The maximum Gasteiger partial charge on any atom is 0.323 e. The number of anilines is 1. The van der Waals surface area contributed by atoms with Gasteiger partial charge >= 0.3 is 6.03 Å². The van der Waals surface area contributed by atoms with Gasteiger partial charge in [-0.1, -0.05) is 42.5 Å². The molecular weight excluding hydrogens is 406 g/mol. The summed E-state index contributed by atoms with van der Waals surface area (Å²) in [4.78, 5) is 14.4. The molecule has 1 fully saturated rings. The summed E-state index contributed by atoms with van der Waals surface area (Å²) in [6, 6.07) is 20.2. The topological polar surface area (TPSA) is 41.6 Å². The minimum atomic E-state index is -0.803. The Labute approximate surface area is 177 Å². The fourth-order valence-corrected chi connectivity index (χ4v) is 4.48. The van der Waals surface area contributed by atoms with Crippen molar-refractivity contribution in [1.29, 1.82) is 0 Å². The summed E-state index contributed by atoms with van der Waals surface area (Å²) < 4.78 is 32.9. The first-order chi connectivity index (χ1) is 14.6. The molecule has 1 unspecified atom stereocenters. The van der Waals surface area contributed by atoms with Crippen molar-refractivity contribution in [2.24, 2.45) is 0 Å². The van der Waals surface area contributed by atoms with E-state index in [0.717, 1.165) is 29.0 Å². The Balaban J connectivity index is 1.45. The molecule has 30 heavy (non-hydrogen) atoms. The van der Waals surface area contributed by atoms with E-state index >= 15 is 0 Å². The van der Waals surface area contributed by atoms with Crippen molar-refractivity contribution in [3.63, 3.8) is 0 Å². The van der Waals surface area contributed by atoms with Crippen molar-refractivity contribution in [3.8, 4) is 5.75 Å². The summed E-state index contributed by atoms with van der Waals surface area (Å²) in [6.45, 7) is 0.981. The van der Waals surface area contributed by atoms with Gasteiger partial charge in [0.05, 0.1) is 5.69 Å². The Bertz CT molecular complexity index is 1030. The molecule has 0 aliphatic carbocycles. The summed E-state index contributed by atoms with van der Waals surface area (Å²) >= 11 is 1.63. The lowest BCUT2D eigenvalue weighted by atomic mass is 10.2. The summed E-state index contributed by atoms with van der Waals surface area (Å²) in [7, 11) is 0. The van der Waals surface area contributed by atoms with Crippen molar-refractivity contribution < 1.29 is 18.3 Å². The quantitative estimate of drug-likeness (QED) is 0.559. The number of halogens is 2. The highest BCUT2D eigenvalue weighted by atomic mass is 32.2. The van der Waals surface area contributed by atoms with Crippen LogP contribution < -0.4 is 10.1 Å². The van der Waals surface area contributed by atoms with Gasteiger partial charge in [-0.15, -0.1) is 11.8 Å². The number of rotatable bonds is 5. The number of nitrogens with one attached hydrogen (secondary N) is 1. The number of benzene rings is 3. The zero-order valence-corrected chi connectivity index (χ0v) is 16.9. The molecule has 4 rings (SSSR count). The van der Waals surface area contributed by atoms with Crippen LogP contribution in [-0.2, 0) is 6.61 Å². The van der Waals surface area contributed by atoms with Crippen LogP contribution in [0.25, 0.3) is 0 Å². The monoisotopic (exact) mass is 426 g/mol. The number of urea groups is 1. The van der Waals surface area contributed by atoms with Gasteiger partial charge < -0.3 is 15.0 Å². The SMILES string of the molecule is O=C(Nc1ccc(F)cc1F)N1CCSC1c1cccc(OCc2ccccc2)c1. The third kappa shape index (κ3) is 4.74. The van der Waals surface area contributed by atoms with Crippen LogP contribution in [0.15, 0.2) is 72.8 Å². The minimum Gasteiger partial charge on any atom is -0.489 e. The van der Waals surface area contributed by atoms with Crippen LogP contribution in [0.3, 0.4) is 0 Å². The minimum absolute atomic E-state index is 0.0444. The van der Waals surface area contributed by atoms with E-state index in [1.165, 1.54) is 6.07 Å². The van der Waals surface area contributed by atoms with Gasteiger partial charge in [0.2, 0.25) is 0 Å². The van der Waals surface area contributed by atoms with Crippen LogP contribution in [0, 0.1) is 11.6 Å². The molecule has 2 amide bonds. The molecule has 4 nitrogen and oxygen atoms in total. The highest BCUT2D eigenvalue weighted by Gasteiger charge is 2.31. The van der Waals surface area contributed by atoms with Crippen LogP contribution >= 0.6 is 11.8 Å². The molecule has 0 radical (unpaired) electrons. The lowest BCUT2D eigenvalue weighted by molar-refractivity contribution is 0.214. The Hall–Kier alpha value is -3.06. The molecule has 7 heteroatoms. The second kappa shape index (κ2) is 9.17. The first-order valence-corrected chi connectivity index (χ1v) is 10.6. The average molecular weight is 426 g/mol. The average Bonchev–Trinajstić information content (AvgIpc) is 3.25. The van der Waals surface area contributed by atoms with Gasteiger partial charge in [-0.25, -0.2) is 13.6 Å². The Morgan fingerprint density at radius 3 is 2.70 bits per heavy atom. The van der Waals surface area contributed by atoms with E-state index in [9.17, 15) is 13.6 Å². The summed E-state index contributed by atoms with van der Waals surface area (Å²) in [6.07, 6.45) is 0. The summed E-state index contributed by atoms with van der Waals surface area (Å²) in [5.74, 6) is -0.0108. The van der Waals surface area contributed by atoms with Gasteiger partial charge in [-0.05, 0) is 35.4 Å². The van der Waals surface area contributed by atoms with Crippen LogP contribution in [0.1, 0.15) is 16.5 Å². The van der Waals surface area contributed by atoms with E-state index in [1.54, 1.807) is 16.7 Å². The molecule has 0 aromatic heterocycles. The fourth-order valence-electron chi connectivity index (χ4n) is 3.23. The molecule has 154 valence electrons. The Morgan fingerprint density at radius 2 is 1.90 bits per heavy atom. The lowest BCUT2D eigenvalue weighted by Gasteiger charge is -2.25. The molecule has 0 bridgehead atoms. The molecule has 1 atom stereocenters. The van der Waals surface area contributed by atoms with E-state index < -0.39 is 17.7 Å². The highest BCUT2D eigenvalue weighted by molar-refractivity contribution is 7.99. The first kappa shape index (κ1) is 20.2. The van der Waals surface area contributed by atoms with E-state index in [-0.39, 0.29) is 11.1 Å². The second-order valence-corrected chi connectivity index (χ2v) is 8.01. The summed E-state index contributed by atoms with van der Waals surface area (Å²) in [5.41, 5.74) is 1.95. The van der Waals surface area contributed by atoms with Crippen molar-refractivity contribution >= 4 is 23.5 Å². The Morgan fingerprint density at radius 1 is 1.07 bits per heavy atom. The number of nitrogens with zero attached hydrogens (tertiary/aromatic N) is 1. The van der Waals surface area contributed by atoms with Crippen LogP contribution in [0.4, 0.5) is 19.3 Å². The van der Waals surface area contributed by atoms with E-state index in [1.807, 2.05) is 54.6 Å². The number of ether oxygens (including phenoxy) is 1. The molecule has 3 aromatic carbocycles. The third-order valence-corrected chi connectivity index (χ3v) is 5.98. The van der Waals surface area contributed by atoms with E-state index in [0.29, 0.717) is 18.9 Å². The largest absolute Gasteiger partial charge is 0.489 e. The zero-order chi connectivity index (χ0) is 20.9. The molecule has 0 saturated carbocycles. The van der Waals surface area contributed by atoms with Crippen LogP contribution in [0.5, 0.6) is 5.75 Å². The molecule has 0 spiro atoms. The highest BCUT2D eigenvalue weighted by Crippen LogP contribution is 2.39. The molecule has 1 saturated heterocycles. The van der Waals surface area contributed by atoms with Crippen molar-refractivity contribution in [2.75, 3.05) is 17.6 Å². The normalized spacial score (nSPS) is 15.8. The molecule has 1 aliphatic heterocycles. The standard InChI is InChI=1S/C23H20F2N2O2S/c24-18-9-10-21(20(25)14-18)26-23(28)27-11-12-30-22(27)17-7-4-8-19(13-17)29-15-16-5-2-1-3-6-16/h1-10,13-14,22H,11-12,15H2,(H,26,28). The van der Waals surface area contributed by atoms with Gasteiger partial charge in [-0.2, -0.15) is 0 Å². The second-order valence-electron chi connectivity index (χ2n) is 6.82. The number of carbonyl (C=O) groups excluding carboxylic acids is 1. The molecular formula is C23H20F2N2O2S.